The Balaban J connectivity index is 1.63. The van der Waals surface area contributed by atoms with E-state index in [2.05, 4.69) is 15.5 Å². The average Bonchev–Trinajstić information content (AvgIpc) is 3.32. The lowest BCUT2D eigenvalue weighted by molar-refractivity contribution is 0.0950. The van der Waals surface area contributed by atoms with E-state index < -0.39 is 17.5 Å². The van der Waals surface area contributed by atoms with E-state index in [9.17, 15) is 9.18 Å². The quantitative estimate of drug-likeness (QED) is 0.531. The average molecular weight is 383 g/mol. The van der Waals surface area contributed by atoms with Gasteiger partial charge in [-0.2, -0.15) is 5.10 Å². The number of carbonyl (C=O) groups is 1. The van der Waals surface area contributed by atoms with Crippen LogP contribution in [-0.4, -0.2) is 22.6 Å². The van der Waals surface area contributed by atoms with Crippen molar-refractivity contribution in [3.05, 3.63) is 76.0 Å². The number of aromatic nitrogens is 2. The number of nitrogens with zero attached hydrogens (tertiary/aromatic N) is 1. The highest BCUT2D eigenvalue weighted by molar-refractivity contribution is 7.09. The summed E-state index contributed by atoms with van der Waals surface area (Å²) in [5.41, 5.74) is 1.10. The lowest BCUT2D eigenvalue weighted by atomic mass is 10.0. The highest BCUT2D eigenvalue weighted by Gasteiger charge is 2.19. The lowest BCUT2D eigenvalue weighted by Crippen LogP contribution is -2.26. The zero-order valence-corrected chi connectivity index (χ0v) is 14.9. The first kappa shape index (κ1) is 17.4. The monoisotopic (exact) mass is 383 g/mol. The molecule has 0 saturated carbocycles. The number of carbonyl (C=O) groups excluding carboxylic acids is 1. The fraction of sp³-hybridized carbons (Fsp3) is 0.100. The standard InChI is InChI=1S/C20H15F2N3OS/c21-13-4-1-3-12(11-13)19-17-16(24-25-19)7-6-15(18(17)22)20(26)23-9-8-14-5-2-10-27-14/h1-7,10-11H,8-9H2,(H,23,26)(H,24,25). The molecule has 0 aliphatic carbocycles. The fourth-order valence-electron chi connectivity index (χ4n) is 2.94. The van der Waals surface area contributed by atoms with Gasteiger partial charge in [0.2, 0.25) is 0 Å². The number of nitrogens with one attached hydrogen (secondary N) is 2. The van der Waals surface area contributed by atoms with Crippen LogP contribution in [0.2, 0.25) is 0 Å². The van der Waals surface area contributed by atoms with Crippen LogP contribution in [0, 0.1) is 11.6 Å². The van der Waals surface area contributed by atoms with E-state index in [4.69, 9.17) is 0 Å². The predicted octanol–water partition coefficient (Wildman–Crippen LogP) is 4.54. The number of halogens is 2. The number of aromatic amines is 1. The molecule has 0 aliphatic rings. The normalized spacial score (nSPS) is 11.0. The summed E-state index contributed by atoms with van der Waals surface area (Å²) >= 11 is 1.61. The molecule has 0 radical (unpaired) electrons. The van der Waals surface area contributed by atoms with E-state index in [1.54, 1.807) is 23.5 Å². The van der Waals surface area contributed by atoms with Gasteiger partial charge in [0, 0.05) is 17.0 Å². The van der Waals surface area contributed by atoms with Crippen LogP contribution in [0.1, 0.15) is 15.2 Å². The Morgan fingerprint density at radius 1 is 1.15 bits per heavy atom. The number of rotatable bonds is 5. The van der Waals surface area contributed by atoms with Crippen molar-refractivity contribution in [3.8, 4) is 11.3 Å². The Bertz CT molecular complexity index is 1110. The first-order valence-electron chi connectivity index (χ1n) is 8.36. The van der Waals surface area contributed by atoms with Gasteiger partial charge in [0.05, 0.1) is 16.5 Å². The molecule has 2 heterocycles. The Hall–Kier alpha value is -3.06. The molecule has 27 heavy (non-hydrogen) atoms. The van der Waals surface area contributed by atoms with Crippen molar-refractivity contribution in [1.29, 1.82) is 0 Å². The van der Waals surface area contributed by atoms with Gasteiger partial charge in [-0.3, -0.25) is 9.89 Å². The van der Waals surface area contributed by atoms with Crippen LogP contribution >= 0.6 is 11.3 Å². The lowest BCUT2D eigenvalue weighted by Gasteiger charge is -2.07. The van der Waals surface area contributed by atoms with E-state index >= 15 is 4.39 Å². The Morgan fingerprint density at radius 2 is 2.04 bits per heavy atom. The summed E-state index contributed by atoms with van der Waals surface area (Å²) in [5, 5.41) is 11.7. The number of fused-ring (bicyclic) bond motifs is 1. The molecule has 4 rings (SSSR count). The van der Waals surface area contributed by atoms with Gasteiger partial charge in [-0.15, -0.1) is 11.3 Å². The maximum atomic E-state index is 15.1. The smallest absolute Gasteiger partial charge is 0.254 e. The van der Waals surface area contributed by atoms with Gasteiger partial charge in [-0.05, 0) is 42.1 Å². The summed E-state index contributed by atoms with van der Waals surface area (Å²) < 4.78 is 28.6. The van der Waals surface area contributed by atoms with Crippen LogP contribution in [0.4, 0.5) is 8.78 Å². The van der Waals surface area contributed by atoms with Crippen molar-refractivity contribution in [2.75, 3.05) is 6.54 Å². The summed E-state index contributed by atoms with van der Waals surface area (Å²) in [4.78, 5) is 13.6. The molecule has 0 spiro atoms. The van der Waals surface area contributed by atoms with Gasteiger partial charge in [0.1, 0.15) is 17.3 Å². The SMILES string of the molecule is O=C(NCCc1cccs1)c1ccc2[nH]nc(-c3cccc(F)c3)c2c1F. The molecule has 0 unspecified atom stereocenters. The summed E-state index contributed by atoms with van der Waals surface area (Å²) in [7, 11) is 0. The molecule has 136 valence electrons. The van der Waals surface area contributed by atoms with Crippen molar-refractivity contribution in [1.82, 2.24) is 15.5 Å². The van der Waals surface area contributed by atoms with Gasteiger partial charge >= 0.3 is 0 Å². The van der Waals surface area contributed by atoms with Gasteiger partial charge in [-0.25, -0.2) is 8.78 Å². The van der Waals surface area contributed by atoms with E-state index in [-0.39, 0.29) is 16.6 Å². The summed E-state index contributed by atoms with van der Waals surface area (Å²) in [6.45, 7) is 0.416. The highest BCUT2D eigenvalue weighted by atomic mass is 32.1. The Kier molecular flexibility index (Phi) is 4.68. The van der Waals surface area contributed by atoms with Crippen molar-refractivity contribution >= 4 is 28.1 Å². The molecule has 0 fully saturated rings. The molecule has 4 aromatic rings. The molecular formula is C20H15F2N3OS. The third-order valence-electron chi connectivity index (χ3n) is 4.25. The van der Waals surface area contributed by atoms with E-state index in [1.807, 2.05) is 17.5 Å². The molecule has 0 atom stereocenters. The number of amides is 1. The number of thiophene rings is 1. The second kappa shape index (κ2) is 7.28. The maximum Gasteiger partial charge on any atom is 0.254 e. The molecule has 0 bridgehead atoms. The molecule has 2 aromatic carbocycles. The van der Waals surface area contributed by atoms with Crippen LogP contribution in [0.3, 0.4) is 0 Å². The van der Waals surface area contributed by atoms with Crippen molar-refractivity contribution in [2.45, 2.75) is 6.42 Å². The number of benzene rings is 2. The van der Waals surface area contributed by atoms with Crippen molar-refractivity contribution in [2.24, 2.45) is 0 Å². The third-order valence-corrected chi connectivity index (χ3v) is 5.18. The van der Waals surface area contributed by atoms with Gasteiger partial charge in [0.15, 0.2) is 0 Å². The van der Waals surface area contributed by atoms with E-state index in [1.165, 1.54) is 24.3 Å². The van der Waals surface area contributed by atoms with Crippen molar-refractivity contribution in [3.63, 3.8) is 0 Å². The topological polar surface area (TPSA) is 57.8 Å². The minimum Gasteiger partial charge on any atom is -0.352 e. The summed E-state index contributed by atoms with van der Waals surface area (Å²) in [5.74, 6) is -1.60. The second-order valence-electron chi connectivity index (χ2n) is 6.02. The molecule has 0 aliphatic heterocycles. The first-order valence-corrected chi connectivity index (χ1v) is 9.24. The predicted molar refractivity (Wildman–Crippen MR) is 102 cm³/mol. The number of hydrogen-bond acceptors (Lipinski definition) is 3. The van der Waals surface area contributed by atoms with Crippen molar-refractivity contribution < 1.29 is 13.6 Å². The van der Waals surface area contributed by atoms with Gasteiger partial charge in [0.25, 0.3) is 5.91 Å². The summed E-state index contributed by atoms with van der Waals surface area (Å²) in [6, 6.07) is 12.7. The van der Waals surface area contributed by atoms with E-state index in [0.717, 1.165) is 4.88 Å². The first-order chi connectivity index (χ1) is 13.1. The molecular weight excluding hydrogens is 368 g/mol. The minimum absolute atomic E-state index is 0.0623. The van der Waals surface area contributed by atoms with Crippen LogP contribution in [0.25, 0.3) is 22.2 Å². The fourth-order valence-corrected chi connectivity index (χ4v) is 3.65. The van der Waals surface area contributed by atoms with Crippen LogP contribution in [0.15, 0.2) is 53.9 Å². The summed E-state index contributed by atoms with van der Waals surface area (Å²) in [6.07, 6.45) is 0.688. The minimum atomic E-state index is -0.672. The molecule has 2 N–H and O–H groups in total. The number of hydrogen-bond donors (Lipinski definition) is 2. The van der Waals surface area contributed by atoms with Crippen LogP contribution in [0.5, 0.6) is 0 Å². The molecule has 2 aromatic heterocycles. The maximum absolute atomic E-state index is 15.1. The van der Waals surface area contributed by atoms with Crippen LogP contribution in [-0.2, 0) is 6.42 Å². The zero-order chi connectivity index (χ0) is 18.8. The Labute approximate surface area is 157 Å². The van der Waals surface area contributed by atoms with E-state index in [0.29, 0.717) is 24.0 Å². The van der Waals surface area contributed by atoms with Gasteiger partial charge < -0.3 is 5.32 Å². The van der Waals surface area contributed by atoms with Gasteiger partial charge in [-0.1, -0.05) is 18.2 Å². The molecule has 0 saturated heterocycles. The molecule has 4 nitrogen and oxygen atoms in total. The third kappa shape index (κ3) is 3.46. The molecule has 1 amide bonds. The second-order valence-corrected chi connectivity index (χ2v) is 7.05. The largest absolute Gasteiger partial charge is 0.352 e. The zero-order valence-electron chi connectivity index (χ0n) is 14.1. The van der Waals surface area contributed by atoms with Crippen LogP contribution < -0.4 is 5.32 Å². The molecule has 7 heteroatoms. The number of H-pyrrole nitrogens is 1. The Morgan fingerprint density at radius 3 is 2.81 bits per heavy atom. The highest BCUT2D eigenvalue weighted by Crippen LogP contribution is 2.30.